The molecule has 0 amide bonds. The zero-order valence-corrected chi connectivity index (χ0v) is 6.73. The van der Waals surface area contributed by atoms with Crippen LogP contribution in [-0.2, 0) is 14.6 Å². The van der Waals surface area contributed by atoms with E-state index in [4.69, 9.17) is 6.42 Å². The van der Waals surface area contributed by atoms with Crippen LogP contribution in [-0.4, -0.2) is 25.7 Å². The lowest BCUT2D eigenvalue weighted by Gasteiger charge is -1.96. The van der Waals surface area contributed by atoms with Crippen LogP contribution in [0.1, 0.15) is 6.42 Å². The van der Waals surface area contributed by atoms with Crippen LogP contribution in [0.3, 0.4) is 0 Å². The van der Waals surface area contributed by atoms with Crippen molar-refractivity contribution >= 4 is 15.6 Å². The molecular weight excluding hydrogens is 164 g/mol. The average Bonchev–Trinajstić information content (AvgIpc) is 2.29. The van der Waals surface area contributed by atoms with Gasteiger partial charge in [-0.15, -0.1) is 6.42 Å². The van der Waals surface area contributed by atoms with E-state index >= 15 is 0 Å². The van der Waals surface area contributed by atoms with Crippen LogP contribution in [0, 0.1) is 18.3 Å². The molecule has 0 bridgehead atoms. The molecule has 1 heterocycles. The molecule has 0 radical (unpaired) electrons. The number of hydrogen-bond acceptors (Lipinski definition) is 3. The summed E-state index contributed by atoms with van der Waals surface area (Å²) in [7, 11) is -2.97. The monoisotopic (exact) mass is 172 g/mol. The van der Waals surface area contributed by atoms with Crippen LogP contribution >= 0.6 is 0 Å². The largest absolute Gasteiger partial charge is 0.285 e. The van der Waals surface area contributed by atoms with E-state index in [1.165, 1.54) is 0 Å². The highest BCUT2D eigenvalue weighted by molar-refractivity contribution is 7.91. The Balaban J connectivity index is 2.72. The number of terminal acetylenes is 1. The molecule has 60 valence electrons. The van der Waals surface area contributed by atoms with Crippen molar-refractivity contribution in [3.8, 4) is 12.3 Å². The molecule has 0 saturated carbocycles. The normalized spacial score (nSPS) is 27.7. The first kappa shape index (κ1) is 8.28. The van der Waals surface area contributed by atoms with Gasteiger partial charge in [-0.2, -0.15) is 0 Å². The van der Waals surface area contributed by atoms with Gasteiger partial charge in [0.05, 0.1) is 11.5 Å². The minimum Gasteiger partial charge on any atom is -0.285 e. The molecule has 1 aliphatic rings. The Kier molecular flexibility index (Phi) is 2.01. The van der Waals surface area contributed by atoms with Gasteiger partial charge in [0.2, 0.25) is 5.78 Å². The Morgan fingerprint density at radius 3 is 2.55 bits per heavy atom. The molecule has 1 saturated heterocycles. The zero-order chi connectivity index (χ0) is 8.48. The van der Waals surface area contributed by atoms with Crippen LogP contribution in [0.2, 0.25) is 0 Å². The minimum atomic E-state index is -2.97. The maximum atomic E-state index is 10.8. The summed E-state index contributed by atoms with van der Waals surface area (Å²) in [6.45, 7) is 0. The fourth-order valence-corrected chi connectivity index (χ4v) is 2.86. The summed E-state index contributed by atoms with van der Waals surface area (Å²) in [5.41, 5.74) is 0. The second-order valence-electron chi connectivity index (χ2n) is 2.61. The summed E-state index contributed by atoms with van der Waals surface area (Å²) in [4.78, 5) is 10.8. The lowest BCUT2D eigenvalue weighted by molar-refractivity contribution is -0.116. The number of sulfone groups is 1. The standard InChI is InChI=1S/C7H8O3S/c1-2-7(8)6-3-4-11(9,10)5-6/h1,6H,3-5H2. The molecular formula is C7H8O3S. The van der Waals surface area contributed by atoms with Gasteiger partial charge in [0.1, 0.15) is 0 Å². The first-order valence-electron chi connectivity index (χ1n) is 3.26. The van der Waals surface area contributed by atoms with E-state index in [2.05, 4.69) is 0 Å². The Bertz CT molecular complexity index is 307. The number of carbonyl (C=O) groups excluding carboxylic acids is 1. The van der Waals surface area contributed by atoms with Crippen molar-refractivity contribution in [2.75, 3.05) is 11.5 Å². The predicted octanol–water partition coefficient (Wildman–Crippen LogP) is -0.377. The summed E-state index contributed by atoms with van der Waals surface area (Å²) in [6.07, 6.45) is 5.24. The third-order valence-corrected chi connectivity index (χ3v) is 3.51. The van der Waals surface area contributed by atoms with Crippen molar-refractivity contribution in [3.63, 3.8) is 0 Å². The van der Waals surface area contributed by atoms with Gasteiger partial charge in [0.15, 0.2) is 9.84 Å². The molecule has 4 heteroatoms. The van der Waals surface area contributed by atoms with E-state index in [1.807, 2.05) is 5.92 Å². The summed E-state index contributed by atoms with van der Waals surface area (Å²) in [6, 6.07) is 0. The van der Waals surface area contributed by atoms with Gasteiger partial charge in [-0.25, -0.2) is 8.42 Å². The predicted molar refractivity (Wildman–Crippen MR) is 40.6 cm³/mol. The molecule has 0 aromatic carbocycles. The number of carbonyl (C=O) groups is 1. The summed E-state index contributed by atoms with van der Waals surface area (Å²) >= 11 is 0. The highest BCUT2D eigenvalue weighted by Gasteiger charge is 2.31. The zero-order valence-electron chi connectivity index (χ0n) is 5.91. The lowest BCUT2D eigenvalue weighted by atomic mass is 10.1. The van der Waals surface area contributed by atoms with Crippen LogP contribution in [0.15, 0.2) is 0 Å². The van der Waals surface area contributed by atoms with Crippen LogP contribution < -0.4 is 0 Å². The van der Waals surface area contributed by atoms with Crippen LogP contribution in [0.5, 0.6) is 0 Å². The molecule has 1 aliphatic heterocycles. The molecule has 1 atom stereocenters. The Morgan fingerprint density at radius 1 is 1.55 bits per heavy atom. The van der Waals surface area contributed by atoms with Gasteiger partial charge in [0.25, 0.3) is 0 Å². The lowest BCUT2D eigenvalue weighted by Crippen LogP contribution is -2.13. The molecule has 0 aromatic rings. The average molecular weight is 172 g/mol. The Hall–Kier alpha value is -0.820. The highest BCUT2D eigenvalue weighted by Crippen LogP contribution is 2.18. The number of ketones is 1. The van der Waals surface area contributed by atoms with E-state index in [-0.39, 0.29) is 17.3 Å². The second-order valence-corrected chi connectivity index (χ2v) is 4.84. The van der Waals surface area contributed by atoms with E-state index < -0.39 is 15.8 Å². The van der Waals surface area contributed by atoms with E-state index in [9.17, 15) is 13.2 Å². The maximum absolute atomic E-state index is 10.8. The summed E-state index contributed by atoms with van der Waals surface area (Å²) in [5, 5.41) is 0. The first-order valence-corrected chi connectivity index (χ1v) is 5.08. The van der Waals surface area contributed by atoms with Gasteiger partial charge in [-0.3, -0.25) is 4.79 Å². The van der Waals surface area contributed by atoms with Crippen molar-refractivity contribution in [3.05, 3.63) is 0 Å². The second kappa shape index (κ2) is 2.67. The van der Waals surface area contributed by atoms with Crippen LogP contribution in [0.25, 0.3) is 0 Å². The molecule has 3 nitrogen and oxygen atoms in total. The molecule has 0 spiro atoms. The summed E-state index contributed by atoms with van der Waals surface area (Å²) in [5.74, 6) is 1.16. The number of hydrogen-bond donors (Lipinski definition) is 0. The van der Waals surface area contributed by atoms with E-state index in [0.29, 0.717) is 6.42 Å². The van der Waals surface area contributed by atoms with Crippen molar-refractivity contribution in [1.82, 2.24) is 0 Å². The summed E-state index contributed by atoms with van der Waals surface area (Å²) < 4.78 is 21.7. The smallest absolute Gasteiger partial charge is 0.209 e. The van der Waals surface area contributed by atoms with Gasteiger partial charge in [-0.1, -0.05) is 0 Å². The Labute approximate surface area is 65.7 Å². The van der Waals surface area contributed by atoms with Gasteiger partial charge in [-0.05, 0) is 12.3 Å². The number of rotatable bonds is 1. The minimum absolute atomic E-state index is 0.0595. The molecule has 0 aromatic heterocycles. The van der Waals surface area contributed by atoms with Gasteiger partial charge < -0.3 is 0 Å². The molecule has 0 N–H and O–H groups in total. The fourth-order valence-electron chi connectivity index (χ4n) is 1.12. The fraction of sp³-hybridized carbons (Fsp3) is 0.571. The topological polar surface area (TPSA) is 51.2 Å². The highest BCUT2D eigenvalue weighted by atomic mass is 32.2. The quantitative estimate of drug-likeness (QED) is 0.400. The van der Waals surface area contributed by atoms with Crippen molar-refractivity contribution in [2.45, 2.75) is 6.42 Å². The molecule has 1 unspecified atom stereocenters. The van der Waals surface area contributed by atoms with Gasteiger partial charge in [0, 0.05) is 5.92 Å². The molecule has 11 heavy (non-hydrogen) atoms. The van der Waals surface area contributed by atoms with Gasteiger partial charge >= 0.3 is 0 Å². The number of Topliss-reactive ketones (excluding diaryl/α,β-unsaturated/α-hetero) is 1. The van der Waals surface area contributed by atoms with Crippen molar-refractivity contribution in [1.29, 1.82) is 0 Å². The first-order chi connectivity index (χ1) is 5.05. The van der Waals surface area contributed by atoms with Crippen molar-refractivity contribution in [2.24, 2.45) is 5.92 Å². The van der Waals surface area contributed by atoms with E-state index in [1.54, 1.807) is 0 Å². The van der Waals surface area contributed by atoms with Crippen LogP contribution in [0.4, 0.5) is 0 Å². The SMILES string of the molecule is C#CC(=O)C1CCS(=O)(=O)C1. The molecule has 1 rings (SSSR count). The Morgan fingerprint density at radius 2 is 2.18 bits per heavy atom. The molecule has 0 aliphatic carbocycles. The third-order valence-electron chi connectivity index (χ3n) is 1.75. The molecule has 1 fully saturated rings. The van der Waals surface area contributed by atoms with E-state index in [0.717, 1.165) is 0 Å². The maximum Gasteiger partial charge on any atom is 0.209 e. The van der Waals surface area contributed by atoms with Crippen molar-refractivity contribution < 1.29 is 13.2 Å². The third kappa shape index (κ3) is 1.81.